The monoisotopic (exact) mass is 579 g/mol. The van der Waals surface area contributed by atoms with Gasteiger partial charge in [0.2, 0.25) is 5.91 Å². The summed E-state index contributed by atoms with van der Waals surface area (Å²) in [5.74, 6) is -1.57. The molecule has 3 unspecified atom stereocenters. The van der Waals surface area contributed by atoms with E-state index in [2.05, 4.69) is 17.2 Å². The molecule has 1 fully saturated rings. The summed E-state index contributed by atoms with van der Waals surface area (Å²) in [6.07, 6.45) is 1.72. The zero-order valence-corrected chi connectivity index (χ0v) is 24.5. The third kappa shape index (κ3) is 10.7. The molecule has 0 aliphatic carbocycles. The van der Waals surface area contributed by atoms with Crippen LogP contribution in [0, 0.1) is 0 Å². The standard InChI is InChI=1S/C32H41N3O7/c1-5-19-40-30(38)27-17-12-18-35(27)21-26(24-15-10-7-11-16-24)33-29(37)25(20-28(36)42-32(2,3)4)34-31(39)41-22-23-13-8-6-9-14-23/h5-11,13-16,25-27H,1,12,17-22H2,2-4H3,(H,33,37)(H,34,39). The number of ether oxygens (including phenoxy) is 3. The van der Waals surface area contributed by atoms with Crippen LogP contribution in [0.1, 0.15) is 57.2 Å². The van der Waals surface area contributed by atoms with Gasteiger partial charge in [0.15, 0.2) is 0 Å². The molecular formula is C32H41N3O7. The molecule has 42 heavy (non-hydrogen) atoms. The van der Waals surface area contributed by atoms with Crippen molar-refractivity contribution in [2.24, 2.45) is 0 Å². The van der Waals surface area contributed by atoms with Gasteiger partial charge in [0, 0.05) is 6.54 Å². The Morgan fingerprint density at radius 2 is 1.67 bits per heavy atom. The lowest BCUT2D eigenvalue weighted by Crippen LogP contribution is -2.51. The predicted molar refractivity (Wildman–Crippen MR) is 157 cm³/mol. The summed E-state index contributed by atoms with van der Waals surface area (Å²) in [6.45, 7) is 9.85. The first-order valence-electron chi connectivity index (χ1n) is 14.1. The second kappa shape index (κ2) is 15.7. The normalized spacial score (nSPS) is 16.5. The minimum Gasteiger partial charge on any atom is -0.460 e. The molecule has 2 amide bonds. The number of likely N-dealkylation sites (tertiary alicyclic amines) is 1. The lowest BCUT2D eigenvalue weighted by Gasteiger charge is -2.30. The number of benzene rings is 2. The highest BCUT2D eigenvalue weighted by Crippen LogP contribution is 2.23. The van der Waals surface area contributed by atoms with Gasteiger partial charge in [-0.2, -0.15) is 0 Å². The van der Waals surface area contributed by atoms with Crippen LogP contribution >= 0.6 is 0 Å². The molecule has 1 heterocycles. The van der Waals surface area contributed by atoms with Crippen molar-refractivity contribution in [3.63, 3.8) is 0 Å². The third-order valence-corrected chi connectivity index (χ3v) is 6.53. The lowest BCUT2D eigenvalue weighted by atomic mass is 10.0. The highest BCUT2D eigenvalue weighted by atomic mass is 16.6. The van der Waals surface area contributed by atoms with Crippen LogP contribution in [0.3, 0.4) is 0 Å². The molecule has 2 N–H and O–H groups in total. The SMILES string of the molecule is C=CCOC(=O)C1CCCN1CC(NC(=O)C(CC(=O)OC(C)(C)C)NC(=O)OCc1ccccc1)c1ccccc1. The Morgan fingerprint density at radius 3 is 2.31 bits per heavy atom. The quantitative estimate of drug-likeness (QED) is 0.207. The van der Waals surface area contributed by atoms with Crippen LogP contribution in [-0.4, -0.2) is 66.2 Å². The summed E-state index contributed by atoms with van der Waals surface area (Å²) < 4.78 is 16.0. The van der Waals surface area contributed by atoms with Crippen molar-refractivity contribution in [3.8, 4) is 0 Å². The number of nitrogens with zero attached hydrogens (tertiary/aromatic N) is 1. The molecular weight excluding hydrogens is 538 g/mol. The van der Waals surface area contributed by atoms with E-state index in [-0.39, 0.29) is 19.2 Å². The zero-order valence-electron chi connectivity index (χ0n) is 24.5. The molecule has 3 atom stereocenters. The first kappa shape index (κ1) is 32.3. The minimum absolute atomic E-state index is 0.00160. The fraction of sp³-hybridized carbons (Fsp3) is 0.438. The van der Waals surface area contributed by atoms with Crippen LogP contribution in [0.4, 0.5) is 4.79 Å². The maximum Gasteiger partial charge on any atom is 0.408 e. The first-order valence-corrected chi connectivity index (χ1v) is 14.1. The molecule has 10 nitrogen and oxygen atoms in total. The summed E-state index contributed by atoms with van der Waals surface area (Å²) in [7, 11) is 0. The van der Waals surface area contributed by atoms with E-state index in [1.807, 2.05) is 53.4 Å². The van der Waals surface area contributed by atoms with Crippen molar-refractivity contribution < 1.29 is 33.4 Å². The van der Waals surface area contributed by atoms with E-state index in [1.54, 1.807) is 32.9 Å². The van der Waals surface area contributed by atoms with Gasteiger partial charge in [-0.25, -0.2) is 4.79 Å². The van der Waals surface area contributed by atoms with Crippen molar-refractivity contribution >= 4 is 23.9 Å². The number of carbonyl (C=O) groups is 4. The number of hydrogen-bond acceptors (Lipinski definition) is 8. The van der Waals surface area contributed by atoms with Gasteiger partial charge in [-0.3, -0.25) is 19.3 Å². The average molecular weight is 580 g/mol. The molecule has 0 bridgehead atoms. The number of hydrogen-bond donors (Lipinski definition) is 2. The summed E-state index contributed by atoms with van der Waals surface area (Å²) >= 11 is 0. The lowest BCUT2D eigenvalue weighted by molar-refractivity contribution is -0.156. The van der Waals surface area contributed by atoms with E-state index in [4.69, 9.17) is 14.2 Å². The molecule has 2 aromatic carbocycles. The van der Waals surface area contributed by atoms with E-state index in [0.717, 1.165) is 17.5 Å². The van der Waals surface area contributed by atoms with Crippen LogP contribution in [0.2, 0.25) is 0 Å². The van der Waals surface area contributed by atoms with Gasteiger partial charge in [-0.1, -0.05) is 73.3 Å². The number of rotatable bonds is 13. The number of esters is 2. The fourth-order valence-corrected chi connectivity index (χ4v) is 4.64. The average Bonchev–Trinajstić information content (AvgIpc) is 3.42. The largest absolute Gasteiger partial charge is 0.460 e. The zero-order chi connectivity index (χ0) is 30.5. The van der Waals surface area contributed by atoms with Gasteiger partial charge in [-0.15, -0.1) is 0 Å². The van der Waals surface area contributed by atoms with Crippen LogP contribution in [0.25, 0.3) is 0 Å². The topological polar surface area (TPSA) is 123 Å². The van der Waals surface area contributed by atoms with E-state index < -0.39 is 48.1 Å². The van der Waals surface area contributed by atoms with E-state index in [0.29, 0.717) is 19.5 Å². The Morgan fingerprint density at radius 1 is 1.00 bits per heavy atom. The molecule has 2 aromatic rings. The van der Waals surface area contributed by atoms with Gasteiger partial charge < -0.3 is 24.8 Å². The Bertz CT molecular complexity index is 1200. The maximum absolute atomic E-state index is 13.7. The maximum atomic E-state index is 13.7. The van der Waals surface area contributed by atoms with Crippen molar-refractivity contribution in [1.82, 2.24) is 15.5 Å². The third-order valence-electron chi connectivity index (χ3n) is 6.53. The Balaban J connectivity index is 1.76. The van der Waals surface area contributed by atoms with Crippen LogP contribution < -0.4 is 10.6 Å². The van der Waals surface area contributed by atoms with Gasteiger partial charge in [0.05, 0.1) is 12.5 Å². The number of amides is 2. The summed E-state index contributed by atoms with van der Waals surface area (Å²) in [4.78, 5) is 53.7. The highest BCUT2D eigenvalue weighted by Gasteiger charge is 2.35. The summed E-state index contributed by atoms with van der Waals surface area (Å²) in [5.41, 5.74) is 0.805. The van der Waals surface area contributed by atoms with Crippen LogP contribution in [-0.2, 0) is 35.2 Å². The van der Waals surface area contributed by atoms with Gasteiger partial charge in [-0.05, 0) is 51.3 Å². The number of alkyl carbamates (subject to hydrolysis) is 1. The fourth-order valence-electron chi connectivity index (χ4n) is 4.64. The molecule has 3 rings (SSSR count). The molecule has 0 radical (unpaired) electrons. The molecule has 1 saturated heterocycles. The van der Waals surface area contributed by atoms with Crippen molar-refractivity contribution in [2.75, 3.05) is 19.7 Å². The predicted octanol–water partition coefficient (Wildman–Crippen LogP) is 4.06. The molecule has 0 saturated carbocycles. The van der Waals surface area contributed by atoms with E-state index in [9.17, 15) is 19.2 Å². The molecule has 1 aliphatic rings. The smallest absolute Gasteiger partial charge is 0.408 e. The van der Waals surface area contributed by atoms with Gasteiger partial charge in [0.1, 0.15) is 30.9 Å². The van der Waals surface area contributed by atoms with Gasteiger partial charge >= 0.3 is 18.0 Å². The van der Waals surface area contributed by atoms with Crippen molar-refractivity contribution in [3.05, 3.63) is 84.4 Å². The minimum atomic E-state index is -1.26. The van der Waals surface area contributed by atoms with Gasteiger partial charge in [0.25, 0.3) is 0 Å². The van der Waals surface area contributed by atoms with Crippen LogP contribution in [0.15, 0.2) is 73.3 Å². The second-order valence-electron chi connectivity index (χ2n) is 11.1. The first-order chi connectivity index (χ1) is 20.1. The van der Waals surface area contributed by atoms with E-state index >= 15 is 0 Å². The number of carbonyl (C=O) groups excluding carboxylic acids is 4. The molecule has 226 valence electrons. The molecule has 1 aliphatic heterocycles. The number of nitrogens with one attached hydrogen (secondary N) is 2. The van der Waals surface area contributed by atoms with Crippen molar-refractivity contribution in [2.45, 2.75) is 70.4 Å². The molecule has 0 spiro atoms. The summed E-state index contributed by atoms with van der Waals surface area (Å²) in [6, 6.07) is 16.2. The Kier molecular flexibility index (Phi) is 12.1. The van der Waals surface area contributed by atoms with Crippen LogP contribution in [0.5, 0.6) is 0 Å². The molecule has 0 aromatic heterocycles. The highest BCUT2D eigenvalue weighted by molar-refractivity contribution is 5.90. The Labute approximate surface area is 247 Å². The van der Waals surface area contributed by atoms with E-state index in [1.165, 1.54) is 6.08 Å². The Hall–Kier alpha value is -4.18. The summed E-state index contributed by atoms with van der Waals surface area (Å²) in [5, 5.41) is 5.52. The second-order valence-corrected chi connectivity index (χ2v) is 11.1. The van der Waals surface area contributed by atoms with Crippen molar-refractivity contribution in [1.29, 1.82) is 0 Å². The molecule has 10 heteroatoms.